The van der Waals surface area contributed by atoms with Crippen LogP contribution in [0.15, 0.2) is 18.2 Å². The summed E-state index contributed by atoms with van der Waals surface area (Å²) in [5, 5.41) is 14.6. The first-order chi connectivity index (χ1) is 9.85. The number of benzene rings is 1. The largest absolute Gasteiger partial charge is 0.396 e. The molecule has 0 saturated heterocycles. The highest BCUT2D eigenvalue weighted by atomic mass is 35.5. The van der Waals surface area contributed by atoms with Gasteiger partial charge in [-0.3, -0.25) is 0 Å². The zero-order valence-corrected chi connectivity index (χ0v) is 13.2. The average molecular weight is 317 g/mol. The summed E-state index contributed by atoms with van der Waals surface area (Å²) in [5.41, 5.74) is 0.722. The standard InChI is InChI=1S/C15H22ClFN2O2/c1-9(2)14(6-7-20)19-15(21)18-10(3)11-4-5-13(17)12(16)8-11/h4-5,8-10,14,20H,6-7H2,1-3H3,(H2,18,19,21). The van der Waals surface area contributed by atoms with Gasteiger partial charge >= 0.3 is 6.03 Å². The number of aliphatic hydroxyl groups is 1. The maximum Gasteiger partial charge on any atom is 0.315 e. The van der Waals surface area contributed by atoms with Crippen LogP contribution >= 0.6 is 11.6 Å². The van der Waals surface area contributed by atoms with Crippen molar-refractivity contribution in [3.8, 4) is 0 Å². The monoisotopic (exact) mass is 316 g/mol. The van der Waals surface area contributed by atoms with Crippen LogP contribution < -0.4 is 10.6 Å². The maximum atomic E-state index is 13.1. The van der Waals surface area contributed by atoms with E-state index in [1.165, 1.54) is 12.1 Å². The Morgan fingerprint density at radius 2 is 2.00 bits per heavy atom. The molecule has 2 unspecified atom stereocenters. The lowest BCUT2D eigenvalue weighted by molar-refractivity contribution is 0.216. The summed E-state index contributed by atoms with van der Waals surface area (Å²) in [6.45, 7) is 5.76. The molecule has 0 aromatic heterocycles. The number of rotatable bonds is 6. The lowest BCUT2D eigenvalue weighted by atomic mass is 10.0. The van der Waals surface area contributed by atoms with E-state index in [0.717, 1.165) is 5.56 Å². The van der Waals surface area contributed by atoms with Crippen molar-refractivity contribution < 1.29 is 14.3 Å². The maximum absolute atomic E-state index is 13.1. The SMILES string of the molecule is CC(NC(=O)NC(CCO)C(C)C)c1ccc(F)c(Cl)c1. The Balaban J connectivity index is 2.62. The topological polar surface area (TPSA) is 61.4 Å². The third-order valence-corrected chi connectivity index (χ3v) is 3.64. The summed E-state index contributed by atoms with van der Waals surface area (Å²) < 4.78 is 13.1. The Kier molecular flexibility index (Phi) is 6.92. The number of amides is 2. The van der Waals surface area contributed by atoms with Crippen molar-refractivity contribution in [2.24, 2.45) is 5.92 Å². The van der Waals surface area contributed by atoms with Crippen molar-refractivity contribution in [1.29, 1.82) is 0 Å². The Hall–Kier alpha value is -1.33. The van der Waals surface area contributed by atoms with Crippen molar-refractivity contribution in [2.45, 2.75) is 39.3 Å². The van der Waals surface area contributed by atoms with Gasteiger partial charge in [0.1, 0.15) is 5.82 Å². The zero-order valence-electron chi connectivity index (χ0n) is 12.5. The average Bonchev–Trinajstić information content (AvgIpc) is 2.41. The lowest BCUT2D eigenvalue weighted by Crippen LogP contribution is -2.45. The van der Waals surface area contributed by atoms with E-state index in [2.05, 4.69) is 10.6 Å². The second-order valence-electron chi connectivity index (χ2n) is 5.38. The van der Waals surface area contributed by atoms with E-state index >= 15 is 0 Å². The summed E-state index contributed by atoms with van der Waals surface area (Å²) in [6, 6.07) is 3.63. The lowest BCUT2D eigenvalue weighted by Gasteiger charge is -2.23. The minimum atomic E-state index is -0.486. The van der Waals surface area contributed by atoms with Gasteiger partial charge in [0.25, 0.3) is 0 Å². The fourth-order valence-electron chi connectivity index (χ4n) is 1.98. The van der Waals surface area contributed by atoms with Crippen LogP contribution in [0.25, 0.3) is 0 Å². The summed E-state index contributed by atoms with van der Waals surface area (Å²) in [4.78, 5) is 12.0. The van der Waals surface area contributed by atoms with E-state index in [0.29, 0.717) is 6.42 Å². The molecule has 0 saturated carbocycles. The number of carbonyl (C=O) groups excluding carboxylic acids is 1. The molecule has 3 N–H and O–H groups in total. The van der Waals surface area contributed by atoms with Crippen LogP contribution in [-0.4, -0.2) is 23.8 Å². The molecule has 0 bridgehead atoms. The molecule has 2 amide bonds. The number of urea groups is 1. The first-order valence-corrected chi connectivity index (χ1v) is 7.35. The summed E-state index contributed by atoms with van der Waals surface area (Å²) >= 11 is 5.73. The number of carbonyl (C=O) groups is 1. The molecule has 4 nitrogen and oxygen atoms in total. The van der Waals surface area contributed by atoms with Crippen molar-refractivity contribution in [1.82, 2.24) is 10.6 Å². The van der Waals surface area contributed by atoms with Crippen LogP contribution in [0.4, 0.5) is 9.18 Å². The number of hydrogen-bond acceptors (Lipinski definition) is 2. The molecule has 0 spiro atoms. The van der Waals surface area contributed by atoms with Crippen LogP contribution in [0.3, 0.4) is 0 Å². The number of aliphatic hydroxyl groups excluding tert-OH is 1. The molecule has 0 aliphatic carbocycles. The van der Waals surface area contributed by atoms with Crippen LogP contribution in [0.5, 0.6) is 0 Å². The van der Waals surface area contributed by atoms with Crippen molar-refractivity contribution in [3.63, 3.8) is 0 Å². The molecule has 0 fully saturated rings. The van der Waals surface area contributed by atoms with Crippen molar-refractivity contribution in [2.75, 3.05) is 6.61 Å². The summed E-state index contributed by atoms with van der Waals surface area (Å²) in [6.07, 6.45) is 0.502. The molecule has 0 aliphatic rings. The fraction of sp³-hybridized carbons (Fsp3) is 0.533. The van der Waals surface area contributed by atoms with Gasteiger partial charge in [-0.2, -0.15) is 0 Å². The van der Waals surface area contributed by atoms with Crippen LogP contribution in [0.2, 0.25) is 5.02 Å². The zero-order chi connectivity index (χ0) is 16.0. The molecule has 2 atom stereocenters. The van der Waals surface area contributed by atoms with Crippen molar-refractivity contribution in [3.05, 3.63) is 34.6 Å². The van der Waals surface area contributed by atoms with Crippen LogP contribution in [0.1, 0.15) is 38.8 Å². The van der Waals surface area contributed by atoms with Crippen molar-refractivity contribution >= 4 is 17.6 Å². The Bertz CT molecular complexity index is 483. The highest BCUT2D eigenvalue weighted by Crippen LogP contribution is 2.20. The Morgan fingerprint density at radius 3 is 2.52 bits per heavy atom. The second-order valence-corrected chi connectivity index (χ2v) is 5.78. The van der Waals surface area contributed by atoms with E-state index in [4.69, 9.17) is 16.7 Å². The fourth-order valence-corrected chi connectivity index (χ4v) is 2.17. The van der Waals surface area contributed by atoms with Gasteiger partial charge in [0, 0.05) is 12.6 Å². The first-order valence-electron chi connectivity index (χ1n) is 6.98. The van der Waals surface area contributed by atoms with Gasteiger partial charge in [0.05, 0.1) is 11.1 Å². The minimum Gasteiger partial charge on any atom is -0.396 e. The van der Waals surface area contributed by atoms with Crippen LogP contribution in [-0.2, 0) is 0 Å². The number of nitrogens with one attached hydrogen (secondary N) is 2. The van der Waals surface area contributed by atoms with E-state index in [9.17, 15) is 9.18 Å². The third kappa shape index (κ3) is 5.52. The van der Waals surface area contributed by atoms with Crippen LogP contribution in [0, 0.1) is 11.7 Å². The second kappa shape index (κ2) is 8.20. The molecular weight excluding hydrogens is 295 g/mol. The molecule has 0 aliphatic heterocycles. The predicted octanol–water partition coefficient (Wildman–Crippen LogP) is 3.25. The number of hydrogen-bond donors (Lipinski definition) is 3. The van der Waals surface area contributed by atoms with Gasteiger partial charge in [-0.1, -0.05) is 31.5 Å². The predicted molar refractivity (Wildman–Crippen MR) is 81.8 cm³/mol. The molecule has 0 radical (unpaired) electrons. The quantitative estimate of drug-likeness (QED) is 0.754. The normalized spacial score (nSPS) is 13.9. The Morgan fingerprint density at radius 1 is 1.33 bits per heavy atom. The van der Waals surface area contributed by atoms with E-state index < -0.39 is 5.82 Å². The molecule has 21 heavy (non-hydrogen) atoms. The Labute approximate surface area is 129 Å². The van der Waals surface area contributed by atoms with E-state index in [1.807, 2.05) is 13.8 Å². The molecule has 0 heterocycles. The highest BCUT2D eigenvalue weighted by Gasteiger charge is 2.17. The summed E-state index contributed by atoms with van der Waals surface area (Å²) in [7, 11) is 0. The summed E-state index contributed by atoms with van der Waals surface area (Å²) in [5.74, 6) is -0.265. The van der Waals surface area contributed by atoms with Gasteiger partial charge in [-0.15, -0.1) is 0 Å². The smallest absolute Gasteiger partial charge is 0.315 e. The van der Waals surface area contributed by atoms with E-state index in [1.54, 1.807) is 13.0 Å². The molecular formula is C15H22ClFN2O2. The highest BCUT2D eigenvalue weighted by molar-refractivity contribution is 6.30. The molecule has 1 aromatic rings. The van der Waals surface area contributed by atoms with Gasteiger partial charge in [0.15, 0.2) is 0 Å². The number of halogens is 2. The molecule has 1 rings (SSSR count). The third-order valence-electron chi connectivity index (χ3n) is 3.35. The van der Waals surface area contributed by atoms with Gasteiger partial charge in [-0.25, -0.2) is 9.18 Å². The van der Waals surface area contributed by atoms with Gasteiger partial charge < -0.3 is 15.7 Å². The van der Waals surface area contributed by atoms with E-state index in [-0.39, 0.29) is 35.7 Å². The first kappa shape index (κ1) is 17.7. The van der Waals surface area contributed by atoms with Gasteiger partial charge in [-0.05, 0) is 37.0 Å². The molecule has 1 aromatic carbocycles. The minimum absolute atomic E-state index is 0.0201. The van der Waals surface area contributed by atoms with Gasteiger partial charge in [0.2, 0.25) is 0 Å². The molecule has 118 valence electrons. The molecule has 6 heteroatoms.